The van der Waals surface area contributed by atoms with E-state index in [1.54, 1.807) is 0 Å². The number of rotatable bonds is 12. The molecule has 2 aromatic rings. The summed E-state index contributed by atoms with van der Waals surface area (Å²) in [4.78, 5) is 0. The monoisotopic (exact) mass is 327 g/mol. The van der Waals surface area contributed by atoms with Crippen molar-refractivity contribution in [2.75, 3.05) is 19.7 Å². The smallest absolute Gasteiger partial charge is 0.0914 e. The topological polar surface area (TPSA) is 41.5 Å². The van der Waals surface area contributed by atoms with Gasteiger partial charge in [0.25, 0.3) is 0 Å². The quantitative estimate of drug-likeness (QED) is 0.577. The maximum absolute atomic E-state index is 10.0. The van der Waals surface area contributed by atoms with Crippen LogP contribution in [0.5, 0.6) is 0 Å². The van der Waals surface area contributed by atoms with Gasteiger partial charge in [0.15, 0.2) is 0 Å². The lowest BCUT2D eigenvalue weighted by Gasteiger charge is -2.12. The molecule has 2 N–H and O–H groups in total. The summed E-state index contributed by atoms with van der Waals surface area (Å²) in [5, 5.41) is 13.4. The molecule has 2 rings (SSSR count). The molecule has 0 aliphatic carbocycles. The van der Waals surface area contributed by atoms with Crippen LogP contribution in [0.15, 0.2) is 60.7 Å². The average Bonchev–Trinajstić information content (AvgIpc) is 2.64. The van der Waals surface area contributed by atoms with E-state index < -0.39 is 6.10 Å². The summed E-state index contributed by atoms with van der Waals surface area (Å²) in [7, 11) is 0. The summed E-state index contributed by atoms with van der Waals surface area (Å²) in [6.45, 7) is 3.10. The predicted molar refractivity (Wildman–Crippen MR) is 98.8 cm³/mol. The Morgan fingerprint density at radius 2 is 1.50 bits per heavy atom. The molecule has 0 amide bonds. The highest BCUT2D eigenvalue weighted by Crippen LogP contribution is 2.10. The minimum absolute atomic E-state index is 0.419. The zero-order valence-corrected chi connectivity index (χ0v) is 14.4. The zero-order valence-electron chi connectivity index (χ0n) is 14.4. The number of unbranched alkanes of at least 4 members (excludes halogenated alkanes) is 3. The molecule has 1 unspecified atom stereocenters. The van der Waals surface area contributed by atoms with Crippen LogP contribution in [0, 0.1) is 0 Å². The van der Waals surface area contributed by atoms with E-state index in [9.17, 15) is 5.11 Å². The van der Waals surface area contributed by atoms with E-state index in [0.29, 0.717) is 13.2 Å². The highest BCUT2D eigenvalue weighted by Gasteiger charge is 2.05. The molecule has 0 radical (unpaired) electrons. The SMILES string of the molecule is OC(CNCCCCCCOCc1ccccc1)c1ccccc1. The Morgan fingerprint density at radius 3 is 2.25 bits per heavy atom. The second kappa shape index (κ2) is 11.8. The molecule has 3 heteroatoms. The number of aliphatic hydroxyl groups is 1. The van der Waals surface area contributed by atoms with Gasteiger partial charge in [-0.25, -0.2) is 0 Å². The summed E-state index contributed by atoms with van der Waals surface area (Å²) in [5.74, 6) is 0. The Morgan fingerprint density at radius 1 is 0.833 bits per heavy atom. The molecule has 0 aliphatic heterocycles. The molecule has 0 heterocycles. The number of benzene rings is 2. The number of hydrogen-bond donors (Lipinski definition) is 2. The van der Waals surface area contributed by atoms with Gasteiger partial charge in [0.05, 0.1) is 12.7 Å². The molecule has 24 heavy (non-hydrogen) atoms. The molecule has 0 aliphatic rings. The third-order valence-corrected chi connectivity index (χ3v) is 4.03. The van der Waals surface area contributed by atoms with Crippen LogP contribution in [0.3, 0.4) is 0 Å². The van der Waals surface area contributed by atoms with Gasteiger partial charge in [-0.05, 0) is 30.5 Å². The Balaban J connectivity index is 1.39. The minimum atomic E-state index is -0.419. The van der Waals surface area contributed by atoms with Crippen molar-refractivity contribution >= 4 is 0 Å². The standard InChI is InChI=1S/C21H29NO2/c23-21(20-13-7-4-8-14-20)17-22-15-9-1-2-10-16-24-18-19-11-5-3-6-12-19/h3-8,11-14,21-23H,1-2,9-10,15-18H2. The van der Waals surface area contributed by atoms with Crippen molar-refractivity contribution in [2.24, 2.45) is 0 Å². The van der Waals surface area contributed by atoms with Gasteiger partial charge in [-0.3, -0.25) is 0 Å². The molecule has 3 nitrogen and oxygen atoms in total. The fraction of sp³-hybridized carbons (Fsp3) is 0.429. The summed E-state index contributed by atoms with van der Waals surface area (Å²) < 4.78 is 5.68. The van der Waals surface area contributed by atoms with Crippen molar-refractivity contribution in [3.05, 3.63) is 71.8 Å². The van der Waals surface area contributed by atoms with E-state index >= 15 is 0 Å². The molecule has 0 saturated carbocycles. The van der Waals surface area contributed by atoms with Crippen LogP contribution in [-0.4, -0.2) is 24.8 Å². The molecule has 2 aromatic carbocycles. The Kier molecular flexibility index (Phi) is 9.17. The van der Waals surface area contributed by atoms with Crippen LogP contribution in [0.2, 0.25) is 0 Å². The Hall–Kier alpha value is -1.68. The van der Waals surface area contributed by atoms with E-state index in [-0.39, 0.29) is 0 Å². The largest absolute Gasteiger partial charge is 0.387 e. The zero-order chi connectivity index (χ0) is 16.9. The molecule has 1 atom stereocenters. The summed E-state index contributed by atoms with van der Waals surface area (Å²) in [5.41, 5.74) is 2.21. The minimum Gasteiger partial charge on any atom is -0.387 e. The third-order valence-electron chi connectivity index (χ3n) is 4.03. The summed E-state index contributed by atoms with van der Waals surface area (Å²) >= 11 is 0. The lowest BCUT2D eigenvalue weighted by atomic mass is 10.1. The molecule has 0 spiro atoms. The molecular weight excluding hydrogens is 298 g/mol. The van der Waals surface area contributed by atoms with E-state index in [1.165, 1.54) is 18.4 Å². The first kappa shape index (κ1) is 18.7. The first-order valence-electron chi connectivity index (χ1n) is 8.91. The van der Waals surface area contributed by atoms with Crippen LogP contribution in [0.1, 0.15) is 42.9 Å². The van der Waals surface area contributed by atoms with Crippen molar-refractivity contribution in [1.82, 2.24) is 5.32 Å². The Bertz CT molecular complexity index is 530. The van der Waals surface area contributed by atoms with E-state index in [2.05, 4.69) is 17.4 Å². The molecule has 0 fully saturated rings. The third kappa shape index (κ3) is 7.73. The summed E-state index contributed by atoms with van der Waals surface area (Å²) in [6.07, 6.45) is 4.22. The van der Waals surface area contributed by atoms with E-state index in [0.717, 1.165) is 31.6 Å². The van der Waals surface area contributed by atoms with Gasteiger partial charge < -0.3 is 15.2 Å². The lowest BCUT2D eigenvalue weighted by Crippen LogP contribution is -2.22. The normalized spacial score (nSPS) is 12.2. The van der Waals surface area contributed by atoms with Gasteiger partial charge in [0, 0.05) is 13.2 Å². The van der Waals surface area contributed by atoms with Crippen molar-refractivity contribution in [3.63, 3.8) is 0 Å². The summed E-state index contributed by atoms with van der Waals surface area (Å²) in [6, 6.07) is 20.1. The number of ether oxygens (including phenoxy) is 1. The number of aliphatic hydroxyl groups excluding tert-OH is 1. The molecule has 0 saturated heterocycles. The highest BCUT2D eigenvalue weighted by molar-refractivity contribution is 5.17. The second-order valence-corrected chi connectivity index (χ2v) is 6.08. The first-order valence-corrected chi connectivity index (χ1v) is 8.91. The van der Waals surface area contributed by atoms with Crippen molar-refractivity contribution < 1.29 is 9.84 Å². The first-order chi connectivity index (χ1) is 11.9. The molecule has 0 aromatic heterocycles. The fourth-order valence-electron chi connectivity index (χ4n) is 2.60. The van der Waals surface area contributed by atoms with Gasteiger partial charge in [-0.15, -0.1) is 0 Å². The molecule has 0 bridgehead atoms. The maximum atomic E-state index is 10.0. The van der Waals surface area contributed by atoms with Gasteiger partial charge in [-0.1, -0.05) is 73.5 Å². The second-order valence-electron chi connectivity index (χ2n) is 6.08. The molecular formula is C21H29NO2. The Labute approximate surface area is 145 Å². The van der Waals surface area contributed by atoms with E-state index in [4.69, 9.17) is 4.74 Å². The van der Waals surface area contributed by atoms with Crippen LogP contribution >= 0.6 is 0 Å². The van der Waals surface area contributed by atoms with Crippen molar-refractivity contribution in [2.45, 2.75) is 38.4 Å². The van der Waals surface area contributed by atoms with Gasteiger partial charge in [0.1, 0.15) is 0 Å². The van der Waals surface area contributed by atoms with Crippen LogP contribution in [-0.2, 0) is 11.3 Å². The average molecular weight is 327 g/mol. The van der Waals surface area contributed by atoms with Crippen LogP contribution < -0.4 is 5.32 Å². The van der Waals surface area contributed by atoms with Gasteiger partial charge in [0.2, 0.25) is 0 Å². The maximum Gasteiger partial charge on any atom is 0.0914 e. The van der Waals surface area contributed by atoms with Gasteiger partial charge >= 0.3 is 0 Å². The highest BCUT2D eigenvalue weighted by atomic mass is 16.5. The fourth-order valence-corrected chi connectivity index (χ4v) is 2.60. The number of hydrogen-bond acceptors (Lipinski definition) is 3. The van der Waals surface area contributed by atoms with E-state index in [1.807, 2.05) is 48.5 Å². The van der Waals surface area contributed by atoms with Gasteiger partial charge in [-0.2, -0.15) is 0 Å². The predicted octanol–water partition coefficient (Wildman–Crippen LogP) is 4.09. The molecule has 130 valence electrons. The van der Waals surface area contributed by atoms with Crippen molar-refractivity contribution in [3.8, 4) is 0 Å². The van der Waals surface area contributed by atoms with Crippen LogP contribution in [0.25, 0.3) is 0 Å². The number of nitrogens with one attached hydrogen (secondary N) is 1. The van der Waals surface area contributed by atoms with Crippen LogP contribution in [0.4, 0.5) is 0 Å². The lowest BCUT2D eigenvalue weighted by molar-refractivity contribution is 0.116. The van der Waals surface area contributed by atoms with Crippen molar-refractivity contribution in [1.29, 1.82) is 0 Å².